The van der Waals surface area contributed by atoms with Gasteiger partial charge < -0.3 is 10.1 Å². The fourth-order valence-electron chi connectivity index (χ4n) is 3.58. The topological polar surface area (TPSA) is 58.6 Å². The maximum absolute atomic E-state index is 13.3. The van der Waals surface area contributed by atoms with E-state index in [9.17, 15) is 18.4 Å². The Bertz CT molecular complexity index is 679. The first-order chi connectivity index (χ1) is 12.5. The molecule has 0 bridgehead atoms. The molecule has 5 nitrogen and oxygen atoms in total. The zero-order valence-electron chi connectivity index (χ0n) is 14.8. The first-order valence-corrected chi connectivity index (χ1v) is 9.03. The van der Waals surface area contributed by atoms with Gasteiger partial charge in [0, 0.05) is 30.7 Å². The minimum atomic E-state index is -1.04. The van der Waals surface area contributed by atoms with Crippen LogP contribution in [0.3, 0.4) is 0 Å². The van der Waals surface area contributed by atoms with E-state index in [1.54, 1.807) is 0 Å². The first-order valence-electron chi connectivity index (χ1n) is 9.03. The molecule has 1 aliphatic carbocycles. The largest absolute Gasteiger partial charge is 0.469 e. The molecule has 26 heavy (non-hydrogen) atoms. The lowest BCUT2D eigenvalue weighted by atomic mass is 10.1. The van der Waals surface area contributed by atoms with Crippen molar-refractivity contribution in [3.05, 3.63) is 35.4 Å². The maximum Gasteiger partial charge on any atom is 0.307 e. The van der Waals surface area contributed by atoms with Crippen molar-refractivity contribution in [2.24, 2.45) is 5.92 Å². The standard InChI is InChI=1S/C19H24F2N2O3/c1-26-18(24)9-14-5-6-15(23(14)11-12-2-3-12)10-22-19(25)13-4-7-16(20)17(21)8-13/h4,7-8,12,14-15H,2-3,5-6,9-11H2,1H3,(H,22,25)/t14-,15+/m1/s1. The third kappa shape index (κ3) is 4.58. The van der Waals surface area contributed by atoms with Gasteiger partial charge in [0.1, 0.15) is 0 Å². The highest BCUT2D eigenvalue weighted by molar-refractivity contribution is 5.94. The van der Waals surface area contributed by atoms with E-state index >= 15 is 0 Å². The number of hydrogen-bond donors (Lipinski definition) is 1. The van der Waals surface area contributed by atoms with Crippen molar-refractivity contribution in [2.75, 3.05) is 20.2 Å². The Morgan fingerprint density at radius 2 is 1.88 bits per heavy atom. The molecule has 2 atom stereocenters. The lowest BCUT2D eigenvalue weighted by molar-refractivity contribution is -0.141. The van der Waals surface area contributed by atoms with Gasteiger partial charge in [0.05, 0.1) is 13.5 Å². The van der Waals surface area contributed by atoms with Crippen molar-refractivity contribution in [1.82, 2.24) is 10.2 Å². The van der Waals surface area contributed by atoms with Crippen molar-refractivity contribution in [3.63, 3.8) is 0 Å². The predicted octanol–water partition coefficient (Wildman–Crippen LogP) is 2.50. The van der Waals surface area contributed by atoms with E-state index in [2.05, 4.69) is 10.2 Å². The molecule has 1 heterocycles. The van der Waals surface area contributed by atoms with Crippen LogP contribution in [0, 0.1) is 17.6 Å². The third-order valence-electron chi connectivity index (χ3n) is 5.25. The van der Waals surface area contributed by atoms with Gasteiger partial charge in [0.15, 0.2) is 11.6 Å². The number of amides is 1. The molecular formula is C19H24F2N2O3. The van der Waals surface area contributed by atoms with Gasteiger partial charge in [-0.25, -0.2) is 8.78 Å². The number of carbonyl (C=O) groups excluding carboxylic acids is 2. The van der Waals surface area contributed by atoms with Gasteiger partial charge in [-0.1, -0.05) is 0 Å². The van der Waals surface area contributed by atoms with Crippen LogP contribution in [0.25, 0.3) is 0 Å². The van der Waals surface area contributed by atoms with E-state index in [4.69, 9.17) is 4.74 Å². The molecule has 7 heteroatoms. The zero-order valence-corrected chi connectivity index (χ0v) is 14.8. The van der Waals surface area contributed by atoms with Gasteiger partial charge in [-0.05, 0) is 49.8 Å². The highest BCUT2D eigenvalue weighted by atomic mass is 19.2. The predicted molar refractivity (Wildman–Crippen MR) is 91.6 cm³/mol. The average Bonchev–Trinajstić information content (AvgIpc) is 3.37. The summed E-state index contributed by atoms with van der Waals surface area (Å²) in [6.45, 7) is 1.34. The Labute approximate surface area is 151 Å². The normalized spacial score (nSPS) is 23.0. The van der Waals surface area contributed by atoms with Gasteiger partial charge in [0.2, 0.25) is 0 Å². The summed E-state index contributed by atoms with van der Waals surface area (Å²) >= 11 is 0. The Morgan fingerprint density at radius 3 is 2.54 bits per heavy atom. The quantitative estimate of drug-likeness (QED) is 0.754. The van der Waals surface area contributed by atoms with Crippen LogP contribution >= 0.6 is 0 Å². The second-order valence-electron chi connectivity index (χ2n) is 7.14. The van der Waals surface area contributed by atoms with Crippen molar-refractivity contribution in [3.8, 4) is 0 Å². The first kappa shape index (κ1) is 18.8. The van der Waals surface area contributed by atoms with Crippen LogP contribution in [0.4, 0.5) is 8.78 Å². The van der Waals surface area contributed by atoms with Gasteiger partial charge in [-0.2, -0.15) is 0 Å². The molecular weight excluding hydrogens is 342 g/mol. The molecule has 1 saturated carbocycles. The number of hydrogen-bond acceptors (Lipinski definition) is 4. The summed E-state index contributed by atoms with van der Waals surface area (Å²) in [5, 5.41) is 2.81. The number of rotatable bonds is 7. The smallest absolute Gasteiger partial charge is 0.307 e. The van der Waals surface area contributed by atoms with E-state index in [-0.39, 0.29) is 23.6 Å². The molecule has 1 aromatic rings. The molecule has 0 unspecified atom stereocenters. The Hall–Kier alpha value is -2.02. The van der Waals surface area contributed by atoms with Gasteiger partial charge in [-0.3, -0.25) is 14.5 Å². The van der Waals surface area contributed by atoms with Crippen LogP contribution in [-0.2, 0) is 9.53 Å². The minimum absolute atomic E-state index is 0.0988. The summed E-state index contributed by atoms with van der Waals surface area (Å²) in [6.07, 6.45) is 4.53. The number of likely N-dealkylation sites (tertiary alicyclic amines) is 1. The Balaban J connectivity index is 1.59. The molecule has 1 aliphatic heterocycles. The molecule has 0 aromatic heterocycles. The van der Waals surface area contributed by atoms with Crippen LogP contribution in [0.15, 0.2) is 18.2 Å². The van der Waals surface area contributed by atoms with Crippen LogP contribution in [-0.4, -0.2) is 49.1 Å². The fourth-order valence-corrected chi connectivity index (χ4v) is 3.58. The van der Waals surface area contributed by atoms with E-state index in [1.165, 1.54) is 26.0 Å². The second kappa shape index (κ2) is 8.12. The number of benzene rings is 1. The van der Waals surface area contributed by atoms with Crippen LogP contribution in [0.2, 0.25) is 0 Å². The molecule has 0 radical (unpaired) electrons. The van der Waals surface area contributed by atoms with Crippen molar-refractivity contribution >= 4 is 11.9 Å². The number of nitrogens with zero attached hydrogens (tertiary/aromatic N) is 1. The lowest BCUT2D eigenvalue weighted by Gasteiger charge is -2.30. The molecule has 2 fully saturated rings. The molecule has 2 aliphatic rings. The number of methoxy groups -OCH3 is 1. The van der Waals surface area contributed by atoms with E-state index in [0.29, 0.717) is 18.9 Å². The molecule has 1 amide bonds. The second-order valence-corrected chi connectivity index (χ2v) is 7.14. The van der Waals surface area contributed by atoms with Crippen molar-refractivity contribution in [1.29, 1.82) is 0 Å². The lowest BCUT2D eigenvalue weighted by Crippen LogP contribution is -2.44. The van der Waals surface area contributed by atoms with Crippen molar-refractivity contribution < 1.29 is 23.1 Å². The number of halogens is 2. The molecule has 1 saturated heterocycles. The highest BCUT2D eigenvalue weighted by Gasteiger charge is 2.38. The number of ether oxygens (including phenoxy) is 1. The summed E-state index contributed by atoms with van der Waals surface area (Å²) < 4.78 is 31.1. The third-order valence-corrected chi connectivity index (χ3v) is 5.25. The fraction of sp³-hybridized carbons (Fsp3) is 0.579. The van der Waals surface area contributed by atoms with Crippen LogP contribution < -0.4 is 5.32 Å². The zero-order chi connectivity index (χ0) is 18.7. The minimum Gasteiger partial charge on any atom is -0.469 e. The Morgan fingerprint density at radius 1 is 1.15 bits per heavy atom. The van der Waals surface area contributed by atoms with E-state index in [1.807, 2.05) is 0 Å². The SMILES string of the molecule is COC(=O)C[C@H]1CC[C@@H](CNC(=O)c2ccc(F)c(F)c2)N1CC1CC1. The summed E-state index contributed by atoms with van der Waals surface area (Å²) in [4.78, 5) is 26.2. The average molecular weight is 366 g/mol. The summed E-state index contributed by atoms with van der Waals surface area (Å²) in [5.41, 5.74) is 0.0988. The molecule has 1 aromatic carbocycles. The van der Waals surface area contributed by atoms with Gasteiger partial charge in [0.25, 0.3) is 5.91 Å². The Kier molecular flexibility index (Phi) is 5.86. The van der Waals surface area contributed by atoms with Crippen molar-refractivity contribution in [2.45, 2.75) is 44.2 Å². The molecule has 1 N–H and O–H groups in total. The number of esters is 1. The van der Waals surface area contributed by atoms with E-state index in [0.717, 1.165) is 31.5 Å². The van der Waals surface area contributed by atoms with Gasteiger partial charge >= 0.3 is 5.97 Å². The molecule has 3 rings (SSSR count). The van der Waals surface area contributed by atoms with Gasteiger partial charge in [-0.15, -0.1) is 0 Å². The monoisotopic (exact) mass is 366 g/mol. The summed E-state index contributed by atoms with van der Waals surface area (Å²) in [6, 6.07) is 3.39. The molecule has 0 spiro atoms. The van der Waals surface area contributed by atoms with Crippen LogP contribution in [0.1, 0.15) is 42.5 Å². The van der Waals surface area contributed by atoms with Crippen LogP contribution in [0.5, 0.6) is 0 Å². The maximum atomic E-state index is 13.3. The molecule has 142 valence electrons. The highest BCUT2D eigenvalue weighted by Crippen LogP contribution is 2.35. The number of nitrogens with one attached hydrogen (secondary N) is 1. The summed E-state index contributed by atoms with van der Waals surface area (Å²) in [5.74, 6) is -1.99. The summed E-state index contributed by atoms with van der Waals surface area (Å²) in [7, 11) is 1.39. The van der Waals surface area contributed by atoms with E-state index < -0.39 is 17.5 Å². The number of carbonyl (C=O) groups is 2.